The first-order chi connectivity index (χ1) is 9.99. The van der Waals surface area contributed by atoms with E-state index in [1.807, 2.05) is 36.4 Å². The lowest BCUT2D eigenvalue weighted by molar-refractivity contribution is -0.132. The Balaban J connectivity index is 0.00000242. The third-order valence-corrected chi connectivity index (χ3v) is 3.23. The van der Waals surface area contributed by atoms with Gasteiger partial charge in [-0.1, -0.05) is 42.5 Å². The number of likely N-dealkylation sites (N-methyl/N-ethyl adjacent to an activating group) is 1. The summed E-state index contributed by atoms with van der Waals surface area (Å²) in [6.07, 6.45) is 5.28. The van der Waals surface area contributed by atoms with Crippen LogP contribution in [0.1, 0.15) is 12.5 Å². The predicted molar refractivity (Wildman–Crippen MR) is 89.2 cm³/mol. The van der Waals surface area contributed by atoms with E-state index in [1.54, 1.807) is 26.2 Å². The lowest BCUT2D eigenvalue weighted by Crippen LogP contribution is -2.49. The molecule has 2 amide bonds. The molecule has 2 atom stereocenters. The number of amides is 2. The van der Waals surface area contributed by atoms with Gasteiger partial charge in [0.15, 0.2) is 0 Å². The van der Waals surface area contributed by atoms with Gasteiger partial charge in [0.05, 0.1) is 6.04 Å². The second-order valence-corrected chi connectivity index (χ2v) is 5.03. The molecule has 0 aromatic heterocycles. The minimum absolute atomic E-state index is 0. The first-order valence-corrected chi connectivity index (χ1v) is 6.77. The van der Waals surface area contributed by atoms with Crippen molar-refractivity contribution in [2.45, 2.75) is 19.0 Å². The fraction of sp³-hybridized carbons (Fsp3) is 0.250. The topological polar surface area (TPSA) is 75.4 Å². The first kappa shape index (κ1) is 17.9. The van der Waals surface area contributed by atoms with E-state index in [-0.39, 0.29) is 24.2 Å². The molecule has 1 aromatic carbocycles. The Bertz CT molecular complexity index is 597. The number of nitrogens with one attached hydrogen (secondary N) is 1. The van der Waals surface area contributed by atoms with Crippen LogP contribution in [0, 0.1) is 0 Å². The molecule has 3 N–H and O–H groups in total. The molecule has 1 aromatic rings. The summed E-state index contributed by atoms with van der Waals surface area (Å²) in [6, 6.07) is 8.39. The number of rotatable bonds is 3. The van der Waals surface area contributed by atoms with Crippen LogP contribution in [0.25, 0.3) is 5.57 Å². The van der Waals surface area contributed by atoms with Gasteiger partial charge in [-0.15, -0.1) is 12.4 Å². The zero-order valence-electron chi connectivity index (χ0n) is 12.5. The van der Waals surface area contributed by atoms with Gasteiger partial charge in [0.25, 0.3) is 5.91 Å². The SMILES string of the molecule is CC(N)C(=O)NC1C=CC(c2ccccc2)=CN(C)C1=O.Cl. The molecule has 0 aliphatic carbocycles. The molecule has 2 unspecified atom stereocenters. The molecular formula is C16H20ClN3O2. The minimum Gasteiger partial charge on any atom is -0.340 e. The fourth-order valence-electron chi connectivity index (χ4n) is 2.01. The Hall–Kier alpha value is -2.11. The maximum absolute atomic E-state index is 12.3. The second-order valence-electron chi connectivity index (χ2n) is 5.03. The standard InChI is InChI=1S/C16H19N3O2.ClH/c1-11(17)15(20)18-14-9-8-13(10-19(2)16(14)21)12-6-4-3-5-7-12;/h3-11,14H,17H2,1-2H3,(H,18,20);1H. The van der Waals surface area contributed by atoms with E-state index in [0.29, 0.717) is 0 Å². The van der Waals surface area contributed by atoms with Gasteiger partial charge in [0.2, 0.25) is 5.91 Å². The molecule has 1 aliphatic rings. The van der Waals surface area contributed by atoms with Crippen LogP contribution in [0.5, 0.6) is 0 Å². The molecule has 118 valence electrons. The smallest absolute Gasteiger partial charge is 0.252 e. The Morgan fingerprint density at radius 3 is 2.55 bits per heavy atom. The number of benzene rings is 1. The van der Waals surface area contributed by atoms with E-state index in [9.17, 15) is 9.59 Å². The average Bonchev–Trinajstić information content (AvgIpc) is 2.61. The van der Waals surface area contributed by atoms with Crippen LogP contribution in [-0.4, -0.2) is 35.8 Å². The Labute approximate surface area is 136 Å². The molecule has 0 spiro atoms. The van der Waals surface area contributed by atoms with Gasteiger partial charge in [0.1, 0.15) is 6.04 Å². The lowest BCUT2D eigenvalue weighted by Gasteiger charge is -2.19. The number of hydrogen-bond donors (Lipinski definition) is 2. The van der Waals surface area contributed by atoms with Crippen molar-refractivity contribution in [2.24, 2.45) is 5.73 Å². The number of hydrogen-bond acceptors (Lipinski definition) is 3. The van der Waals surface area contributed by atoms with Crippen LogP contribution in [0.2, 0.25) is 0 Å². The summed E-state index contributed by atoms with van der Waals surface area (Å²) >= 11 is 0. The predicted octanol–water partition coefficient (Wildman–Crippen LogP) is 1.31. The molecule has 2 rings (SSSR count). The van der Waals surface area contributed by atoms with Crippen molar-refractivity contribution in [2.75, 3.05) is 7.05 Å². The van der Waals surface area contributed by atoms with E-state index in [2.05, 4.69) is 5.32 Å². The van der Waals surface area contributed by atoms with Gasteiger partial charge < -0.3 is 16.0 Å². The quantitative estimate of drug-likeness (QED) is 0.881. The Morgan fingerprint density at radius 2 is 1.95 bits per heavy atom. The molecule has 5 nitrogen and oxygen atoms in total. The number of carbonyl (C=O) groups excluding carboxylic acids is 2. The number of carbonyl (C=O) groups is 2. The molecular weight excluding hydrogens is 302 g/mol. The third-order valence-electron chi connectivity index (χ3n) is 3.23. The number of nitrogens with zero attached hydrogens (tertiary/aromatic N) is 1. The van der Waals surface area contributed by atoms with E-state index < -0.39 is 12.1 Å². The highest BCUT2D eigenvalue weighted by Crippen LogP contribution is 2.19. The van der Waals surface area contributed by atoms with Gasteiger partial charge in [0, 0.05) is 13.2 Å². The number of halogens is 1. The molecule has 0 fully saturated rings. The summed E-state index contributed by atoms with van der Waals surface area (Å²) in [7, 11) is 1.67. The van der Waals surface area contributed by atoms with Crippen molar-refractivity contribution in [1.29, 1.82) is 0 Å². The van der Waals surface area contributed by atoms with Crippen molar-refractivity contribution >= 4 is 29.8 Å². The highest BCUT2D eigenvalue weighted by Gasteiger charge is 2.24. The maximum atomic E-state index is 12.3. The lowest BCUT2D eigenvalue weighted by atomic mass is 10.1. The van der Waals surface area contributed by atoms with Crippen molar-refractivity contribution in [3.63, 3.8) is 0 Å². The van der Waals surface area contributed by atoms with Crippen LogP contribution in [-0.2, 0) is 9.59 Å². The van der Waals surface area contributed by atoms with E-state index in [0.717, 1.165) is 11.1 Å². The van der Waals surface area contributed by atoms with Crippen LogP contribution in [0.3, 0.4) is 0 Å². The van der Waals surface area contributed by atoms with Gasteiger partial charge in [-0.2, -0.15) is 0 Å². The Kier molecular flexibility index (Phi) is 6.34. The molecule has 1 heterocycles. The van der Waals surface area contributed by atoms with Crippen LogP contribution in [0.15, 0.2) is 48.7 Å². The van der Waals surface area contributed by atoms with E-state index in [1.165, 1.54) is 4.90 Å². The van der Waals surface area contributed by atoms with Gasteiger partial charge in [-0.25, -0.2) is 0 Å². The number of allylic oxidation sites excluding steroid dienone is 2. The van der Waals surface area contributed by atoms with Gasteiger partial charge in [-0.3, -0.25) is 9.59 Å². The van der Waals surface area contributed by atoms with Crippen molar-refractivity contribution in [3.8, 4) is 0 Å². The second kappa shape index (κ2) is 7.77. The van der Waals surface area contributed by atoms with Gasteiger partial charge in [-0.05, 0) is 18.1 Å². The maximum Gasteiger partial charge on any atom is 0.252 e. The molecule has 0 bridgehead atoms. The van der Waals surface area contributed by atoms with Crippen LogP contribution in [0.4, 0.5) is 0 Å². The minimum atomic E-state index is -0.703. The van der Waals surface area contributed by atoms with Gasteiger partial charge >= 0.3 is 0 Å². The Morgan fingerprint density at radius 1 is 1.32 bits per heavy atom. The zero-order valence-corrected chi connectivity index (χ0v) is 13.3. The van der Waals surface area contributed by atoms with Crippen molar-refractivity contribution in [1.82, 2.24) is 10.2 Å². The summed E-state index contributed by atoms with van der Waals surface area (Å²) in [5, 5.41) is 2.64. The highest BCUT2D eigenvalue weighted by atomic mass is 35.5. The molecule has 22 heavy (non-hydrogen) atoms. The summed E-state index contributed by atoms with van der Waals surface area (Å²) in [5.74, 6) is -0.555. The third kappa shape index (κ3) is 4.19. The van der Waals surface area contributed by atoms with E-state index in [4.69, 9.17) is 5.73 Å². The summed E-state index contributed by atoms with van der Waals surface area (Å²) in [4.78, 5) is 25.4. The molecule has 0 saturated heterocycles. The van der Waals surface area contributed by atoms with Crippen LogP contribution >= 0.6 is 12.4 Å². The first-order valence-electron chi connectivity index (χ1n) is 6.77. The monoisotopic (exact) mass is 321 g/mol. The molecule has 0 saturated carbocycles. The summed E-state index contributed by atoms with van der Waals surface area (Å²) < 4.78 is 0. The summed E-state index contributed by atoms with van der Waals surface area (Å²) in [5.41, 5.74) is 7.43. The normalized spacial score (nSPS) is 18.9. The fourth-order valence-corrected chi connectivity index (χ4v) is 2.01. The molecule has 6 heteroatoms. The number of nitrogens with two attached hydrogens (primary N) is 1. The van der Waals surface area contributed by atoms with Crippen molar-refractivity contribution < 1.29 is 9.59 Å². The van der Waals surface area contributed by atoms with E-state index >= 15 is 0 Å². The highest BCUT2D eigenvalue weighted by molar-refractivity contribution is 5.93. The van der Waals surface area contributed by atoms with Crippen LogP contribution < -0.4 is 11.1 Å². The molecule has 1 aliphatic heterocycles. The zero-order chi connectivity index (χ0) is 15.4. The molecule has 0 radical (unpaired) electrons. The van der Waals surface area contributed by atoms with Crippen molar-refractivity contribution in [3.05, 3.63) is 54.2 Å². The largest absolute Gasteiger partial charge is 0.340 e. The summed E-state index contributed by atoms with van der Waals surface area (Å²) in [6.45, 7) is 1.58. The average molecular weight is 322 g/mol.